The average molecular weight is 202 g/mol. The molecule has 68 valence electrons. The molecule has 0 saturated carbocycles. The van der Waals surface area contributed by atoms with Crippen LogP contribution in [0, 0.1) is 11.3 Å². The molecule has 0 aliphatic rings. The first-order valence-electron chi connectivity index (χ1n) is 3.95. The number of benzene rings is 1. The standard InChI is InChI=1S/C10H6N2OS/c11-5-8-2-1-3-9(4-8)13-10-6-12-7-14-10/h1-4,6-7H. The van der Waals surface area contributed by atoms with Gasteiger partial charge in [0.1, 0.15) is 5.75 Å². The van der Waals surface area contributed by atoms with Gasteiger partial charge in [0, 0.05) is 0 Å². The zero-order valence-electron chi connectivity index (χ0n) is 7.18. The Hall–Kier alpha value is -1.86. The molecule has 14 heavy (non-hydrogen) atoms. The van der Waals surface area contributed by atoms with Crippen LogP contribution in [0.3, 0.4) is 0 Å². The van der Waals surface area contributed by atoms with E-state index >= 15 is 0 Å². The Morgan fingerprint density at radius 2 is 2.36 bits per heavy atom. The molecular weight excluding hydrogens is 196 g/mol. The highest BCUT2D eigenvalue weighted by molar-refractivity contribution is 7.11. The van der Waals surface area contributed by atoms with Gasteiger partial charge in [-0.3, -0.25) is 0 Å². The van der Waals surface area contributed by atoms with E-state index in [1.807, 2.05) is 0 Å². The highest BCUT2D eigenvalue weighted by atomic mass is 32.1. The third-order valence-corrected chi connectivity index (χ3v) is 2.24. The lowest BCUT2D eigenvalue weighted by molar-refractivity contribution is 0.495. The second-order valence-electron chi connectivity index (χ2n) is 2.56. The second kappa shape index (κ2) is 3.90. The van der Waals surface area contributed by atoms with Crippen molar-refractivity contribution < 1.29 is 4.74 Å². The van der Waals surface area contributed by atoms with E-state index in [0.29, 0.717) is 11.3 Å². The van der Waals surface area contributed by atoms with Gasteiger partial charge in [0.25, 0.3) is 0 Å². The number of hydrogen-bond acceptors (Lipinski definition) is 4. The van der Waals surface area contributed by atoms with Crippen LogP contribution in [0.25, 0.3) is 0 Å². The summed E-state index contributed by atoms with van der Waals surface area (Å²) in [6.45, 7) is 0. The van der Waals surface area contributed by atoms with Crippen molar-refractivity contribution in [3.8, 4) is 16.9 Å². The minimum absolute atomic E-state index is 0.590. The molecule has 0 amide bonds. The number of nitriles is 1. The van der Waals surface area contributed by atoms with E-state index in [9.17, 15) is 0 Å². The maximum atomic E-state index is 8.67. The van der Waals surface area contributed by atoms with Crippen molar-refractivity contribution in [3.63, 3.8) is 0 Å². The zero-order chi connectivity index (χ0) is 9.80. The van der Waals surface area contributed by atoms with Gasteiger partial charge in [-0.2, -0.15) is 5.26 Å². The Labute approximate surface area is 85.2 Å². The van der Waals surface area contributed by atoms with E-state index < -0.39 is 0 Å². The summed E-state index contributed by atoms with van der Waals surface area (Å²) in [5, 5.41) is 9.40. The monoisotopic (exact) mass is 202 g/mol. The van der Waals surface area contributed by atoms with E-state index in [0.717, 1.165) is 5.06 Å². The molecule has 2 aromatic rings. The predicted molar refractivity (Wildman–Crippen MR) is 53.3 cm³/mol. The molecule has 0 atom stereocenters. The smallest absolute Gasteiger partial charge is 0.200 e. The number of thiazole rings is 1. The summed E-state index contributed by atoms with van der Waals surface area (Å²) in [5.74, 6) is 0.660. The lowest BCUT2D eigenvalue weighted by Crippen LogP contribution is -1.81. The fourth-order valence-corrected chi connectivity index (χ4v) is 1.49. The summed E-state index contributed by atoms with van der Waals surface area (Å²) in [6.07, 6.45) is 1.64. The van der Waals surface area contributed by atoms with Crippen molar-refractivity contribution in [1.29, 1.82) is 5.26 Å². The van der Waals surface area contributed by atoms with E-state index in [2.05, 4.69) is 11.1 Å². The molecule has 1 heterocycles. The first kappa shape index (κ1) is 8.73. The average Bonchev–Trinajstić information content (AvgIpc) is 2.71. The number of aromatic nitrogens is 1. The quantitative estimate of drug-likeness (QED) is 0.752. The van der Waals surface area contributed by atoms with Crippen LogP contribution in [-0.4, -0.2) is 4.98 Å². The van der Waals surface area contributed by atoms with Crippen LogP contribution in [0.4, 0.5) is 0 Å². The van der Waals surface area contributed by atoms with Crippen LogP contribution in [0.2, 0.25) is 0 Å². The molecular formula is C10H6N2OS. The van der Waals surface area contributed by atoms with Crippen molar-refractivity contribution >= 4 is 11.3 Å². The number of nitrogens with zero attached hydrogens (tertiary/aromatic N) is 2. The van der Waals surface area contributed by atoms with Crippen LogP contribution in [0.1, 0.15) is 5.56 Å². The Bertz CT molecular complexity index is 459. The molecule has 4 heteroatoms. The molecule has 2 rings (SSSR count). The van der Waals surface area contributed by atoms with Gasteiger partial charge in [0.2, 0.25) is 5.06 Å². The molecule has 0 unspecified atom stereocenters. The van der Waals surface area contributed by atoms with Crippen molar-refractivity contribution in [2.24, 2.45) is 0 Å². The normalized spacial score (nSPS) is 9.36. The fraction of sp³-hybridized carbons (Fsp3) is 0. The summed E-state index contributed by atoms with van der Waals surface area (Å²) in [6, 6.07) is 9.08. The Morgan fingerprint density at radius 1 is 1.43 bits per heavy atom. The summed E-state index contributed by atoms with van der Waals surface area (Å²) in [7, 11) is 0. The molecule has 3 nitrogen and oxygen atoms in total. The highest BCUT2D eigenvalue weighted by Crippen LogP contribution is 2.24. The maximum absolute atomic E-state index is 8.67. The third-order valence-electron chi connectivity index (χ3n) is 1.59. The van der Waals surface area contributed by atoms with Gasteiger partial charge >= 0.3 is 0 Å². The van der Waals surface area contributed by atoms with Gasteiger partial charge in [-0.15, -0.1) is 0 Å². The van der Waals surface area contributed by atoms with Gasteiger partial charge in [-0.25, -0.2) is 4.98 Å². The summed E-state index contributed by atoms with van der Waals surface area (Å²) < 4.78 is 5.47. The first-order chi connectivity index (χ1) is 6.88. The summed E-state index contributed by atoms with van der Waals surface area (Å²) in [5.41, 5.74) is 2.29. The SMILES string of the molecule is N#Cc1cccc(Oc2cncs2)c1. The highest BCUT2D eigenvalue weighted by Gasteiger charge is 1.99. The van der Waals surface area contributed by atoms with Gasteiger partial charge < -0.3 is 4.74 Å². The van der Waals surface area contributed by atoms with Crippen molar-refractivity contribution in [1.82, 2.24) is 4.98 Å². The molecule has 0 N–H and O–H groups in total. The molecule has 0 bridgehead atoms. The maximum Gasteiger partial charge on any atom is 0.200 e. The lowest BCUT2D eigenvalue weighted by Gasteiger charge is -2.00. The minimum atomic E-state index is 0.590. The lowest BCUT2D eigenvalue weighted by atomic mass is 10.2. The molecule has 0 fully saturated rings. The van der Waals surface area contributed by atoms with E-state index in [4.69, 9.17) is 10.00 Å². The number of hydrogen-bond donors (Lipinski definition) is 0. The van der Waals surface area contributed by atoms with E-state index in [1.54, 1.807) is 36.0 Å². The third kappa shape index (κ3) is 1.90. The Kier molecular flexibility index (Phi) is 2.43. The number of ether oxygens (including phenoxy) is 1. The summed E-state index contributed by atoms with van der Waals surface area (Å²) >= 11 is 1.41. The second-order valence-corrected chi connectivity index (χ2v) is 3.41. The Balaban J connectivity index is 2.22. The Morgan fingerprint density at radius 3 is 3.07 bits per heavy atom. The molecule has 1 aromatic carbocycles. The first-order valence-corrected chi connectivity index (χ1v) is 4.83. The van der Waals surface area contributed by atoms with Gasteiger partial charge in [0.15, 0.2) is 0 Å². The fourth-order valence-electron chi connectivity index (χ4n) is 1.000. The van der Waals surface area contributed by atoms with Crippen LogP contribution in [0.5, 0.6) is 10.8 Å². The van der Waals surface area contributed by atoms with E-state index in [-0.39, 0.29) is 0 Å². The molecule has 0 spiro atoms. The zero-order valence-corrected chi connectivity index (χ0v) is 7.99. The van der Waals surface area contributed by atoms with Crippen LogP contribution >= 0.6 is 11.3 Å². The van der Waals surface area contributed by atoms with Crippen LogP contribution in [0.15, 0.2) is 36.0 Å². The van der Waals surface area contributed by atoms with Crippen molar-refractivity contribution in [2.75, 3.05) is 0 Å². The molecule has 0 radical (unpaired) electrons. The molecule has 0 aliphatic heterocycles. The van der Waals surface area contributed by atoms with Gasteiger partial charge in [-0.1, -0.05) is 17.4 Å². The summed E-state index contributed by atoms with van der Waals surface area (Å²) in [4.78, 5) is 3.89. The topological polar surface area (TPSA) is 45.9 Å². The molecule has 1 aromatic heterocycles. The number of rotatable bonds is 2. The largest absolute Gasteiger partial charge is 0.445 e. The van der Waals surface area contributed by atoms with Crippen LogP contribution in [-0.2, 0) is 0 Å². The van der Waals surface area contributed by atoms with Crippen molar-refractivity contribution in [3.05, 3.63) is 41.5 Å². The van der Waals surface area contributed by atoms with E-state index in [1.165, 1.54) is 11.3 Å². The van der Waals surface area contributed by atoms with Crippen LogP contribution < -0.4 is 4.74 Å². The predicted octanol–water partition coefficient (Wildman–Crippen LogP) is 2.81. The minimum Gasteiger partial charge on any atom is -0.445 e. The van der Waals surface area contributed by atoms with Crippen molar-refractivity contribution in [2.45, 2.75) is 0 Å². The molecule has 0 saturated heterocycles. The van der Waals surface area contributed by atoms with Gasteiger partial charge in [0.05, 0.1) is 23.3 Å². The molecule has 0 aliphatic carbocycles. The van der Waals surface area contributed by atoms with Gasteiger partial charge in [-0.05, 0) is 18.2 Å².